The molecular weight excluding hydrogens is 304 g/mol. The minimum absolute atomic E-state index is 0.165. The van der Waals surface area contributed by atoms with Gasteiger partial charge in [-0.15, -0.1) is 11.3 Å². The van der Waals surface area contributed by atoms with Gasteiger partial charge in [-0.2, -0.15) is 0 Å². The molecule has 0 bridgehead atoms. The fourth-order valence-corrected chi connectivity index (χ4v) is 3.39. The number of hydrogen-bond donors (Lipinski definition) is 1. The topological polar surface area (TPSA) is 46.6 Å². The molecule has 1 aromatic carbocycles. The molecule has 0 saturated heterocycles. The maximum absolute atomic E-state index is 6.09. The van der Waals surface area contributed by atoms with E-state index in [4.69, 9.17) is 22.3 Å². The molecule has 1 unspecified atom stereocenters. The summed E-state index contributed by atoms with van der Waals surface area (Å²) in [6.07, 6.45) is 2.01. The molecule has 110 valence electrons. The summed E-state index contributed by atoms with van der Waals surface area (Å²) in [6, 6.07) is 8.09. The Morgan fingerprint density at radius 1 is 1.48 bits per heavy atom. The van der Waals surface area contributed by atoms with Crippen LogP contribution in [0.1, 0.15) is 24.2 Å². The van der Waals surface area contributed by atoms with Crippen molar-refractivity contribution in [2.45, 2.75) is 19.5 Å². The maximum atomic E-state index is 6.09. The third-order valence-electron chi connectivity index (χ3n) is 3.78. The average molecular weight is 321 g/mol. The van der Waals surface area contributed by atoms with Crippen LogP contribution >= 0.6 is 22.9 Å². The molecule has 4 nitrogen and oxygen atoms in total. The highest BCUT2D eigenvalue weighted by molar-refractivity contribution is 7.15. The number of imidazole rings is 1. The van der Waals surface area contributed by atoms with Crippen molar-refractivity contribution in [2.75, 3.05) is 11.9 Å². The summed E-state index contributed by atoms with van der Waals surface area (Å²) in [5, 5.41) is 2.77. The van der Waals surface area contributed by atoms with Crippen LogP contribution in [0.15, 0.2) is 35.8 Å². The summed E-state index contributed by atoms with van der Waals surface area (Å²) in [5.41, 5.74) is 8.10. The SMILES string of the molecule is CC(c1cccc(Cl)c1)N(C)c1nc2sccn2c1CN. The van der Waals surface area contributed by atoms with E-state index in [0.717, 1.165) is 27.1 Å². The summed E-state index contributed by atoms with van der Waals surface area (Å²) in [4.78, 5) is 7.82. The largest absolute Gasteiger partial charge is 0.351 e. The number of thiazole rings is 1. The number of anilines is 1. The van der Waals surface area contributed by atoms with E-state index in [-0.39, 0.29) is 6.04 Å². The van der Waals surface area contributed by atoms with Crippen molar-refractivity contribution in [3.05, 3.63) is 52.1 Å². The molecule has 3 aromatic rings. The van der Waals surface area contributed by atoms with Gasteiger partial charge in [0.2, 0.25) is 0 Å². The monoisotopic (exact) mass is 320 g/mol. The van der Waals surface area contributed by atoms with Crippen molar-refractivity contribution < 1.29 is 0 Å². The molecule has 2 aromatic heterocycles. The second kappa shape index (κ2) is 5.67. The Morgan fingerprint density at radius 3 is 3.00 bits per heavy atom. The highest BCUT2D eigenvalue weighted by atomic mass is 35.5. The molecule has 0 fully saturated rings. The molecule has 1 atom stereocenters. The number of aromatic nitrogens is 2. The maximum Gasteiger partial charge on any atom is 0.195 e. The molecule has 2 heterocycles. The van der Waals surface area contributed by atoms with E-state index >= 15 is 0 Å². The van der Waals surface area contributed by atoms with Gasteiger partial charge in [-0.3, -0.25) is 4.40 Å². The zero-order valence-corrected chi connectivity index (χ0v) is 13.5. The van der Waals surface area contributed by atoms with Crippen LogP contribution in [0, 0.1) is 0 Å². The molecule has 0 amide bonds. The van der Waals surface area contributed by atoms with Gasteiger partial charge in [-0.25, -0.2) is 4.98 Å². The third-order valence-corrected chi connectivity index (χ3v) is 4.77. The lowest BCUT2D eigenvalue weighted by molar-refractivity contribution is 0.724. The van der Waals surface area contributed by atoms with E-state index in [9.17, 15) is 0 Å². The Morgan fingerprint density at radius 2 is 2.29 bits per heavy atom. The van der Waals surface area contributed by atoms with Gasteiger partial charge >= 0.3 is 0 Å². The Hall–Kier alpha value is -1.56. The number of rotatable bonds is 4. The Labute approximate surface area is 132 Å². The molecule has 6 heteroatoms. The van der Waals surface area contributed by atoms with E-state index in [0.29, 0.717) is 6.54 Å². The Bertz CT molecular complexity index is 764. The molecule has 0 aliphatic heterocycles. The first-order valence-corrected chi connectivity index (χ1v) is 8.00. The van der Waals surface area contributed by atoms with Crippen LogP contribution in [-0.2, 0) is 6.54 Å². The number of benzene rings is 1. The molecule has 0 radical (unpaired) electrons. The average Bonchev–Trinajstić information content (AvgIpc) is 3.05. The number of nitrogens with two attached hydrogens (primary N) is 1. The predicted octanol–water partition coefficient (Wildman–Crippen LogP) is 3.71. The molecule has 0 aliphatic rings. The van der Waals surface area contributed by atoms with Crippen molar-refractivity contribution in [1.82, 2.24) is 9.38 Å². The van der Waals surface area contributed by atoms with Crippen LogP contribution in [0.3, 0.4) is 0 Å². The first-order chi connectivity index (χ1) is 10.1. The number of nitrogens with zero attached hydrogens (tertiary/aromatic N) is 3. The lowest BCUT2D eigenvalue weighted by Gasteiger charge is -2.26. The van der Waals surface area contributed by atoms with Crippen LogP contribution in [-0.4, -0.2) is 16.4 Å². The van der Waals surface area contributed by atoms with Crippen LogP contribution in [0.2, 0.25) is 5.02 Å². The van der Waals surface area contributed by atoms with Crippen molar-refractivity contribution >= 4 is 33.7 Å². The van der Waals surface area contributed by atoms with Gasteiger partial charge in [0, 0.05) is 30.2 Å². The summed E-state index contributed by atoms with van der Waals surface area (Å²) in [5.74, 6) is 0.928. The predicted molar refractivity (Wildman–Crippen MR) is 89.2 cm³/mol. The number of halogens is 1. The molecule has 0 spiro atoms. The fraction of sp³-hybridized carbons (Fsp3) is 0.267. The van der Waals surface area contributed by atoms with E-state index in [2.05, 4.69) is 22.3 Å². The minimum atomic E-state index is 0.165. The normalized spacial score (nSPS) is 12.8. The van der Waals surface area contributed by atoms with E-state index in [1.807, 2.05) is 36.8 Å². The second-order valence-electron chi connectivity index (χ2n) is 4.98. The quantitative estimate of drug-likeness (QED) is 0.797. The molecule has 2 N–H and O–H groups in total. The van der Waals surface area contributed by atoms with E-state index < -0.39 is 0 Å². The van der Waals surface area contributed by atoms with Gasteiger partial charge in [0.05, 0.1) is 11.7 Å². The number of fused-ring (bicyclic) bond motifs is 1. The van der Waals surface area contributed by atoms with Gasteiger partial charge in [-0.1, -0.05) is 23.7 Å². The highest BCUT2D eigenvalue weighted by Gasteiger charge is 2.20. The smallest absolute Gasteiger partial charge is 0.195 e. The summed E-state index contributed by atoms with van der Waals surface area (Å²) >= 11 is 7.70. The van der Waals surface area contributed by atoms with E-state index in [1.165, 1.54) is 0 Å². The van der Waals surface area contributed by atoms with Crippen molar-refractivity contribution in [3.8, 4) is 0 Å². The third kappa shape index (κ3) is 2.52. The number of hydrogen-bond acceptors (Lipinski definition) is 4. The Kier molecular flexibility index (Phi) is 3.89. The summed E-state index contributed by atoms with van der Waals surface area (Å²) < 4.78 is 2.06. The molecule has 0 aliphatic carbocycles. The molecular formula is C15H17ClN4S. The summed E-state index contributed by atoms with van der Waals surface area (Å²) in [7, 11) is 2.04. The minimum Gasteiger partial charge on any atom is -0.351 e. The fourth-order valence-electron chi connectivity index (χ4n) is 2.47. The van der Waals surface area contributed by atoms with E-state index in [1.54, 1.807) is 11.3 Å². The Balaban J connectivity index is 1.99. The lowest BCUT2D eigenvalue weighted by Crippen LogP contribution is -2.23. The van der Waals surface area contributed by atoms with Gasteiger partial charge < -0.3 is 10.6 Å². The van der Waals surface area contributed by atoms with Crippen molar-refractivity contribution in [2.24, 2.45) is 5.73 Å². The van der Waals surface area contributed by atoms with Crippen LogP contribution in [0.25, 0.3) is 4.96 Å². The van der Waals surface area contributed by atoms with Crippen molar-refractivity contribution in [3.63, 3.8) is 0 Å². The van der Waals surface area contributed by atoms with Crippen LogP contribution in [0.4, 0.5) is 5.82 Å². The highest BCUT2D eigenvalue weighted by Crippen LogP contribution is 2.30. The van der Waals surface area contributed by atoms with Crippen LogP contribution in [0.5, 0.6) is 0 Å². The summed E-state index contributed by atoms with van der Waals surface area (Å²) in [6.45, 7) is 2.60. The first-order valence-electron chi connectivity index (χ1n) is 6.74. The second-order valence-corrected chi connectivity index (χ2v) is 6.29. The van der Waals surface area contributed by atoms with Gasteiger partial charge in [-0.05, 0) is 24.6 Å². The standard InChI is InChI=1S/C15H17ClN4S/c1-10(11-4-3-5-12(16)8-11)19(2)14-13(9-17)20-6-7-21-15(20)18-14/h3-8,10H,9,17H2,1-2H3. The van der Waals surface area contributed by atoms with Crippen LogP contribution < -0.4 is 10.6 Å². The zero-order valence-electron chi connectivity index (χ0n) is 12.0. The van der Waals surface area contributed by atoms with Crippen molar-refractivity contribution in [1.29, 1.82) is 0 Å². The molecule has 3 rings (SSSR count). The van der Waals surface area contributed by atoms with Gasteiger partial charge in [0.1, 0.15) is 0 Å². The van der Waals surface area contributed by atoms with Gasteiger partial charge in [0.25, 0.3) is 0 Å². The first kappa shape index (κ1) is 14.4. The molecule has 0 saturated carbocycles. The van der Waals surface area contributed by atoms with Gasteiger partial charge in [0.15, 0.2) is 10.8 Å². The lowest BCUT2D eigenvalue weighted by atomic mass is 10.1. The zero-order chi connectivity index (χ0) is 15.0. The molecule has 21 heavy (non-hydrogen) atoms.